The summed E-state index contributed by atoms with van der Waals surface area (Å²) in [4.78, 5) is 0. The van der Waals surface area contributed by atoms with E-state index >= 15 is 0 Å². The van der Waals surface area contributed by atoms with Crippen LogP contribution in [0.25, 0.3) is 0 Å². The lowest BCUT2D eigenvalue weighted by molar-refractivity contribution is 0.0194. The molecule has 0 aromatic heterocycles. The van der Waals surface area contributed by atoms with Gasteiger partial charge >= 0.3 is 0 Å². The van der Waals surface area contributed by atoms with Crippen LogP contribution in [-0.4, -0.2) is 24.8 Å². The maximum absolute atomic E-state index is 9.68. The van der Waals surface area contributed by atoms with Gasteiger partial charge in [-0.25, -0.2) is 0 Å². The summed E-state index contributed by atoms with van der Waals surface area (Å²) in [5.41, 5.74) is 0.00299. The Morgan fingerprint density at radius 2 is 1.82 bits per heavy atom. The van der Waals surface area contributed by atoms with Gasteiger partial charge in [-0.05, 0) is 18.4 Å². The Hall–Kier alpha value is -0.0800. The van der Waals surface area contributed by atoms with Crippen LogP contribution in [0.4, 0.5) is 0 Å². The summed E-state index contributed by atoms with van der Waals surface area (Å²) in [6, 6.07) is 0. The molecule has 0 saturated carbocycles. The van der Waals surface area contributed by atoms with Crippen LogP contribution in [0, 0.1) is 11.3 Å². The Kier molecular flexibility index (Phi) is 4.04. The van der Waals surface area contributed by atoms with Gasteiger partial charge in [0.2, 0.25) is 0 Å². The van der Waals surface area contributed by atoms with Crippen molar-refractivity contribution in [1.82, 2.24) is 5.32 Å². The summed E-state index contributed by atoms with van der Waals surface area (Å²) in [6.07, 6.45) is -0.257. The second-order valence-corrected chi connectivity index (χ2v) is 4.05. The van der Waals surface area contributed by atoms with Crippen molar-refractivity contribution in [3.63, 3.8) is 0 Å². The van der Waals surface area contributed by atoms with Crippen molar-refractivity contribution in [1.29, 1.82) is 0 Å². The zero-order valence-corrected chi connectivity index (χ0v) is 8.31. The lowest BCUT2D eigenvalue weighted by Gasteiger charge is -2.34. The van der Waals surface area contributed by atoms with Crippen molar-refractivity contribution in [3.8, 4) is 0 Å². The minimum absolute atomic E-state index is 0.00299. The molecule has 1 atom stereocenters. The van der Waals surface area contributed by atoms with Crippen molar-refractivity contribution in [2.24, 2.45) is 11.3 Å². The number of hydrogen-bond acceptors (Lipinski definition) is 2. The first-order valence-electron chi connectivity index (χ1n) is 4.25. The van der Waals surface area contributed by atoms with Crippen molar-refractivity contribution in [2.45, 2.75) is 33.8 Å². The molecule has 0 spiro atoms. The third kappa shape index (κ3) is 2.80. The van der Waals surface area contributed by atoms with Gasteiger partial charge in [0.1, 0.15) is 0 Å². The SMILES string of the molecule is CNCC(O)C(C)(C)C(C)C. The second-order valence-electron chi connectivity index (χ2n) is 4.05. The molecule has 0 amide bonds. The van der Waals surface area contributed by atoms with Crippen LogP contribution in [0.5, 0.6) is 0 Å². The maximum Gasteiger partial charge on any atom is 0.0717 e. The van der Waals surface area contributed by atoms with E-state index in [4.69, 9.17) is 0 Å². The molecule has 0 fully saturated rings. The molecule has 0 aliphatic carbocycles. The van der Waals surface area contributed by atoms with E-state index in [0.717, 1.165) is 0 Å². The van der Waals surface area contributed by atoms with Crippen molar-refractivity contribution in [3.05, 3.63) is 0 Å². The van der Waals surface area contributed by atoms with Gasteiger partial charge < -0.3 is 10.4 Å². The van der Waals surface area contributed by atoms with Gasteiger partial charge in [-0.1, -0.05) is 27.7 Å². The molecule has 2 N–H and O–H groups in total. The molecular formula is C9H21NO. The highest BCUT2D eigenvalue weighted by Crippen LogP contribution is 2.29. The minimum atomic E-state index is -0.257. The molecule has 1 unspecified atom stereocenters. The monoisotopic (exact) mass is 159 g/mol. The molecule has 0 aliphatic rings. The molecule has 0 heterocycles. The number of hydrogen-bond donors (Lipinski definition) is 2. The molecule has 0 radical (unpaired) electrons. The van der Waals surface area contributed by atoms with Gasteiger partial charge in [0.05, 0.1) is 6.10 Å². The molecule has 2 heteroatoms. The van der Waals surface area contributed by atoms with Crippen molar-refractivity contribution in [2.75, 3.05) is 13.6 Å². The molecule has 0 saturated heterocycles. The highest BCUT2D eigenvalue weighted by atomic mass is 16.3. The van der Waals surface area contributed by atoms with E-state index in [1.165, 1.54) is 0 Å². The predicted octanol–water partition coefficient (Wildman–Crippen LogP) is 1.25. The third-order valence-corrected chi connectivity index (χ3v) is 2.74. The maximum atomic E-state index is 9.68. The van der Waals surface area contributed by atoms with Gasteiger partial charge in [0.25, 0.3) is 0 Å². The summed E-state index contributed by atoms with van der Waals surface area (Å²) in [6.45, 7) is 9.14. The molecule has 2 nitrogen and oxygen atoms in total. The first-order valence-corrected chi connectivity index (χ1v) is 4.25. The Morgan fingerprint density at radius 1 is 1.36 bits per heavy atom. The van der Waals surface area contributed by atoms with E-state index in [-0.39, 0.29) is 11.5 Å². The zero-order chi connectivity index (χ0) is 9.07. The van der Waals surface area contributed by atoms with Crippen molar-refractivity contribution >= 4 is 0 Å². The fourth-order valence-corrected chi connectivity index (χ4v) is 0.841. The molecule has 0 aliphatic heterocycles. The van der Waals surface area contributed by atoms with Gasteiger partial charge in [-0.3, -0.25) is 0 Å². The van der Waals surface area contributed by atoms with Gasteiger partial charge in [-0.2, -0.15) is 0 Å². The molecule has 0 aromatic carbocycles. The highest BCUT2D eigenvalue weighted by Gasteiger charge is 2.30. The largest absolute Gasteiger partial charge is 0.391 e. The quantitative estimate of drug-likeness (QED) is 0.647. The van der Waals surface area contributed by atoms with Crippen LogP contribution in [0.2, 0.25) is 0 Å². The Balaban J connectivity index is 4.05. The fraction of sp³-hybridized carbons (Fsp3) is 1.00. The highest BCUT2D eigenvalue weighted by molar-refractivity contribution is 4.81. The second kappa shape index (κ2) is 4.07. The number of nitrogens with one attached hydrogen (secondary N) is 1. The molecule has 0 rings (SSSR count). The van der Waals surface area contributed by atoms with E-state index < -0.39 is 0 Å². The minimum Gasteiger partial charge on any atom is -0.391 e. The summed E-state index contributed by atoms with van der Waals surface area (Å²) >= 11 is 0. The molecule has 68 valence electrons. The summed E-state index contributed by atoms with van der Waals surface area (Å²) in [7, 11) is 1.86. The average molecular weight is 159 g/mol. The zero-order valence-electron chi connectivity index (χ0n) is 8.31. The molecular weight excluding hydrogens is 138 g/mol. The number of rotatable bonds is 4. The standard InChI is InChI=1S/C9H21NO/c1-7(2)9(3,4)8(11)6-10-5/h7-8,10-11H,6H2,1-5H3. The summed E-state index contributed by atoms with van der Waals surface area (Å²) < 4.78 is 0. The van der Waals surface area contributed by atoms with Gasteiger partial charge in [-0.15, -0.1) is 0 Å². The smallest absolute Gasteiger partial charge is 0.0717 e. The average Bonchev–Trinajstić information content (AvgIpc) is 1.88. The van der Waals surface area contributed by atoms with Crippen LogP contribution in [-0.2, 0) is 0 Å². The van der Waals surface area contributed by atoms with E-state index in [1.807, 2.05) is 7.05 Å². The fourth-order valence-electron chi connectivity index (χ4n) is 0.841. The van der Waals surface area contributed by atoms with Crippen molar-refractivity contribution < 1.29 is 5.11 Å². The summed E-state index contributed by atoms with van der Waals surface area (Å²) in [5.74, 6) is 0.505. The number of aliphatic hydroxyl groups excluding tert-OH is 1. The number of likely N-dealkylation sites (N-methyl/N-ethyl adjacent to an activating group) is 1. The lowest BCUT2D eigenvalue weighted by Crippen LogP contribution is -2.40. The first kappa shape index (κ1) is 10.9. The Labute approximate surface area is 70.0 Å². The topological polar surface area (TPSA) is 32.3 Å². The Bertz CT molecular complexity index is 110. The molecule has 11 heavy (non-hydrogen) atoms. The van der Waals surface area contributed by atoms with Crippen LogP contribution < -0.4 is 5.32 Å². The van der Waals surface area contributed by atoms with Crippen LogP contribution in [0.15, 0.2) is 0 Å². The normalized spacial score (nSPS) is 15.5. The molecule has 0 bridgehead atoms. The lowest BCUT2D eigenvalue weighted by atomic mass is 9.76. The van der Waals surface area contributed by atoms with Gasteiger partial charge in [0, 0.05) is 6.54 Å². The van der Waals surface area contributed by atoms with E-state index in [1.54, 1.807) is 0 Å². The third-order valence-electron chi connectivity index (χ3n) is 2.74. The molecule has 0 aromatic rings. The Morgan fingerprint density at radius 3 is 2.09 bits per heavy atom. The van der Waals surface area contributed by atoms with Crippen LogP contribution >= 0.6 is 0 Å². The van der Waals surface area contributed by atoms with Crippen LogP contribution in [0.1, 0.15) is 27.7 Å². The predicted molar refractivity (Wildman–Crippen MR) is 48.6 cm³/mol. The van der Waals surface area contributed by atoms with Gasteiger partial charge in [0.15, 0.2) is 0 Å². The van der Waals surface area contributed by atoms with E-state index in [2.05, 4.69) is 33.0 Å². The summed E-state index contributed by atoms with van der Waals surface area (Å²) in [5, 5.41) is 12.7. The van der Waals surface area contributed by atoms with E-state index in [0.29, 0.717) is 12.5 Å². The first-order chi connectivity index (χ1) is 4.92. The van der Waals surface area contributed by atoms with Crippen LogP contribution in [0.3, 0.4) is 0 Å². The van der Waals surface area contributed by atoms with E-state index in [9.17, 15) is 5.11 Å². The number of aliphatic hydroxyl groups is 1.